The number of carboxylic acid groups (broad SMARTS) is 1. The second-order valence-corrected chi connectivity index (χ2v) is 6.60. The Bertz CT molecular complexity index is 499. The first-order valence-corrected chi connectivity index (χ1v) is 8.13. The quantitative estimate of drug-likeness (QED) is 0.856. The summed E-state index contributed by atoms with van der Waals surface area (Å²) in [6, 6.07) is 5.81. The Hall–Kier alpha value is -0.770. The van der Waals surface area contributed by atoms with E-state index in [1.54, 1.807) is 6.07 Å². The summed E-state index contributed by atoms with van der Waals surface area (Å²) in [5.41, 5.74) is 1.06. The fourth-order valence-corrected chi connectivity index (χ4v) is 3.44. The van der Waals surface area contributed by atoms with Gasteiger partial charge < -0.3 is 5.11 Å². The predicted octanol–water partition coefficient (Wildman–Crippen LogP) is 4.63. The van der Waals surface area contributed by atoms with E-state index < -0.39 is 5.97 Å². The normalized spacial score (nSPS) is 18.6. The van der Waals surface area contributed by atoms with Gasteiger partial charge in [-0.2, -0.15) is 0 Å². The minimum atomic E-state index is -0.698. The van der Waals surface area contributed by atoms with Crippen LogP contribution in [0.4, 0.5) is 0 Å². The topological polar surface area (TPSA) is 40.5 Å². The fraction of sp³-hybridized carbons (Fsp3) is 0.562. The zero-order valence-corrected chi connectivity index (χ0v) is 13.7. The molecule has 1 fully saturated rings. The molecule has 1 aliphatic rings. The highest BCUT2D eigenvalue weighted by Crippen LogP contribution is 2.33. The van der Waals surface area contributed by atoms with E-state index in [4.69, 9.17) is 28.3 Å². The highest BCUT2D eigenvalue weighted by Gasteiger charge is 2.25. The minimum Gasteiger partial charge on any atom is -0.481 e. The molecule has 1 aliphatic heterocycles. The van der Waals surface area contributed by atoms with Gasteiger partial charge in [-0.3, -0.25) is 9.69 Å². The zero-order chi connectivity index (χ0) is 15.4. The van der Waals surface area contributed by atoms with Crippen molar-refractivity contribution in [3.8, 4) is 0 Å². The Balaban J connectivity index is 1.92. The summed E-state index contributed by atoms with van der Waals surface area (Å²) in [5, 5.41) is 10.2. The summed E-state index contributed by atoms with van der Waals surface area (Å²) in [6.45, 7) is 4.11. The second-order valence-electron chi connectivity index (χ2n) is 5.75. The van der Waals surface area contributed by atoms with E-state index in [0.29, 0.717) is 10.9 Å². The van der Waals surface area contributed by atoms with Gasteiger partial charge in [0.1, 0.15) is 0 Å². The molecule has 1 heterocycles. The van der Waals surface area contributed by atoms with E-state index in [-0.39, 0.29) is 12.5 Å². The number of aliphatic carboxylic acids is 1. The first-order valence-electron chi connectivity index (χ1n) is 7.38. The summed E-state index contributed by atoms with van der Waals surface area (Å²) in [5.74, 6) is -0.170. The molecule has 0 aliphatic carbocycles. The Kier molecular flexibility index (Phi) is 5.91. The lowest BCUT2D eigenvalue weighted by Crippen LogP contribution is -2.35. The standard InChI is InChI=1S/C16H21Cl2NO2/c1-11(14-10-13(17)3-4-15(14)18)19-8-6-12(7-9-19)2-5-16(20)21/h3-4,10-12H,2,5-9H2,1H3,(H,20,21). The van der Waals surface area contributed by atoms with Crippen molar-refractivity contribution in [2.75, 3.05) is 13.1 Å². The molecule has 1 N–H and O–H groups in total. The lowest BCUT2D eigenvalue weighted by atomic mass is 9.91. The van der Waals surface area contributed by atoms with Crippen molar-refractivity contribution in [2.24, 2.45) is 5.92 Å². The number of halogens is 2. The van der Waals surface area contributed by atoms with Crippen molar-refractivity contribution >= 4 is 29.2 Å². The fourth-order valence-electron chi connectivity index (χ4n) is 2.99. The molecule has 0 saturated carbocycles. The van der Waals surface area contributed by atoms with E-state index in [0.717, 1.165) is 42.9 Å². The molecule has 1 atom stereocenters. The lowest BCUT2D eigenvalue weighted by Gasteiger charge is -2.36. The van der Waals surface area contributed by atoms with Gasteiger partial charge in [0.25, 0.3) is 0 Å². The predicted molar refractivity (Wildman–Crippen MR) is 86.0 cm³/mol. The summed E-state index contributed by atoms with van der Waals surface area (Å²) in [7, 11) is 0. The van der Waals surface area contributed by atoms with Gasteiger partial charge in [-0.1, -0.05) is 23.2 Å². The van der Waals surface area contributed by atoms with Crippen LogP contribution in [-0.4, -0.2) is 29.1 Å². The first kappa shape index (κ1) is 16.6. The van der Waals surface area contributed by atoms with Crippen molar-refractivity contribution in [3.05, 3.63) is 33.8 Å². The zero-order valence-electron chi connectivity index (χ0n) is 12.2. The monoisotopic (exact) mass is 329 g/mol. The molecule has 1 aromatic rings. The Labute approximate surface area is 135 Å². The molecule has 0 bridgehead atoms. The third-order valence-corrected chi connectivity index (χ3v) is 4.95. The van der Waals surface area contributed by atoms with Crippen LogP contribution in [0.2, 0.25) is 10.0 Å². The van der Waals surface area contributed by atoms with Crippen molar-refractivity contribution in [2.45, 2.75) is 38.6 Å². The Morgan fingerprint density at radius 3 is 2.67 bits per heavy atom. The van der Waals surface area contributed by atoms with Gasteiger partial charge in [0, 0.05) is 22.5 Å². The molecule has 1 aromatic carbocycles. The van der Waals surface area contributed by atoms with Crippen LogP contribution in [0.1, 0.15) is 44.2 Å². The van der Waals surface area contributed by atoms with E-state index in [1.165, 1.54) is 0 Å². The van der Waals surface area contributed by atoms with Gasteiger partial charge in [-0.05, 0) is 69.0 Å². The molecule has 1 saturated heterocycles. The molecule has 0 radical (unpaired) electrons. The molecule has 0 spiro atoms. The molecular weight excluding hydrogens is 309 g/mol. The third-order valence-electron chi connectivity index (χ3n) is 4.37. The van der Waals surface area contributed by atoms with Crippen LogP contribution in [-0.2, 0) is 4.79 Å². The minimum absolute atomic E-state index is 0.233. The summed E-state index contributed by atoms with van der Waals surface area (Å²) < 4.78 is 0. The van der Waals surface area contributed by atoms with Crippen LogP contribution in [0.25, 0.3) is 0 Å². The van der Waals surface area contributed by atoms with E-state index in [9.17, 15) is 4.79 Å². The number of likely N-dealkylation sites (tertiary alicyclic amines) is 1. The van der Waals surface area contributed by atoms with Crippen LogP contribution < -0.4 is 0 Å². The molecule has 5 heteroatoms. The van der Waals surface area contributed by atoms with Crippen LogP contribution in [0.3, 0.4) is 0 Å². The van der Waals surface area contributed by atoms with Gasteiger partial charge in [0.05, 0.1) is 0 Å². The second kappa shape index (κ2) is 7.48. The molecule has 0 amide bonds. The van der Waals surface area contributed by atoms with Crippen molar-refractivity contribution in [1.82, 2.24) is 4.90 Å². The van der Waals surface area contributed by atoms with Gasteiger partial charge in [0.15, 0.2) is 0 Å². The van der Waals surface area contributed by atoms with Crippen LogP contribution in [0.15, 0.2) is 18.2 Å². The summed E-state index contributed by atoms with van der Waals surface area (Å²) in [6.07, 6.45) is 3.17. The van der Waals surface area contributed by atoms with Crippen molar-refractivity contribution < 1.29 is 9.90 Å². The van der Waals surface area contributed by atoms with Crippen LogP contribution >= 0.6 is 23.2 Å². The van der Waals surface area contributed by atoms with E-state index in [2.05, 4.69) is 11.8 Å². The Morgan fingerprint density at radius 2 is 2.05 bits per heavy atom. The number of hydrogen-bond donors (Lipinski definition) is 1. The molecule has 0 aromatic heterocycles. The van der Waals surface area contributed by atoms with Gasteiger partial charge >= 0.3 is 5.97 Å². The van der Waals surface area contributed by atoms with Crippen molar-refractivity contribution in [3.63, 3.8) is 0 Å². The number of rotatable bonds is 5. The number of hydrogen-bond acceptors (Lipinski definition) is 2. The van der Waals surface area contributed by atoms with Gasteiger partial charge in [-0.15, -0.1) is 0 Å². The maximum atomic E-state index is 10.6. The maximum absolute atomic E-state index is 10.6. The summed E-state index contributed by atoms with van der Waals surface area (Å²) in [4.78, 5) is 13.0. The number of carboxylic acids is 1. The molecular formula is C16H21Cl2NO2. The SMILES string of the molecule is CC(c1cc(Cl)ccc1Cl)N1CCC(CCC(=O)O)CC1. The van der Waals surface area contributed by atoms with E-state index >= 15 is 0 Å². The van der Waals surface area contributed by atoms with Crippen LogP contribution in [0, 0.1) is 5.92 Å². The number of benzene rings is 1. The van der Waals surface area contributed by atoms with Crippen molar-refractivity contribution in [1.29, 1.82) is 0 Å². The van der Waals surface area contributed by atoms with E-state index in [1.807, 2.05) is 12.1 Å². The molecule has 21 heavy (non-hydrogen) atoms. The van der Waals surface area contributed by atoms with Crippen LogP contribution in [0.5, 0.6) is 0 Å². The number of carbonyl (C=O) groups is 1. The number of piperidine rings is 1. The third kappa shape index (κ3) is 4.60. The molecule has 1 unspecified atom stereocenters. The average Bonchev–Trinajstić information content (AvgIpc) is 2.47. The summed E-state index contributed by atoms with van der Waals surface area (Å²) >= 11 is 12.3. The molecule has 116 valence electrons. The molecule has 2 rings (SSSR count). The molecule has 3 nitrogen and oxygen atoms in total. The highest BCUT2D eigenvalue weighted by molar-refractivity contribution is 6.33. The van der Waals surface area contributed by atoms with Gasteiger partial charge in [-0.25, -0.2) is 0 Å². The highest BCUT2D eigenvalue weighted by atomic mass is 35.5. The Morgan fingerprint density at radius 1 is 1.38 bits per heavy atom. The average molecular weight is 330 g/mol. The number of nitrogens with zero attached hydrogens (tertiary/aromatic N) is 1. The maximum Gasteiger partial charge on any atom is 0.303 e. The lowest BCUT2D eigenvalue weighted by molar-refractivity contribution is -0.137. The largest absolute Gasteiger partial charge is 0.481 e. The van der Waals surface area contributed by atoms with Gasteiger partial charge in [0.2, 0.25) is 0 Å². The first-order chi connectivity index (χ1) is 9.97. The smallest absolute Gasteiger partial charge is 0.303 e.